The number of pyridine rings is 1. The van der Waals surface area contributed by atoms with Crippen LogP contribution in [0.15, 0.2) is 10.9 Å². The summed E-state index contributed by atoms with van der Waals surface area (Å²) in [4.78, 5) is 14.1. The predicted octanol–water partition coefficient (Wildman–Crippen LogP) is 0.0381. The first-order chi connectivity index (χ1) is 5.77. The fraction of sp³-hybridized carbons (Fsp3) is 0.300. The lowest BCUT2D eigenvalue weighted by molar-refractivity contribution is 1.04. The number of fused-ring (bicyclic) bond motifs is 1. The summed E-state index contributed by atoms with van der Waals surface area (Å²) in [6, 6.07) is 1.95. The van der Waals surface area contributed by atoms with Gasteiger partial charge >= 0.3 is 0 Å². The van der Waals surface area contributed by atoms with Crippen LogP contribution in [0.4, 0.5) is 0 Å². The SMILES string of the molecule is Cc1cc2c([nH]c1=O)=CCCC=2. The van der Waals surface area contributed by atoms with Gasteiger partial charge in [0.1, 0.15) is 0 Å². The van der Waals surface area contributed by atoms with Crippen molar-refractivity contribution >= 4 is 12.2 Å². The molecule has 2 rings (SSSR count). The van der Waals surface area contributed by atoms with E-state index in [-0.39, 0.29) is 5.56 Å². The lowest BCUT2D eigenvalue weighted by Gasteiger charge is -1.99. The molecule has 0 bridgehead atoms. The lowest BCUT2D eigenvalue weighted by Crippen LogP contribution is -2.36. The summed E-state index contributed by atoms with van der Waals surface area (Å²) in [5.74, 6) is 0. The highest BCUT2D eigenvalue weighted by Crippen LogP contribution is 1.93. The molecule has 2 heteroatoms. The van der Waals surface area contributed by atoms with Crippen LogP contribution in [0.25, 0.3) is 12.2 Å². The summed E-state index contributed by atoms with van der Waals surface area (Å²) in [7, 11) is 0. The maximum atomic E-state index is 11.2. The van der Waals surface area contributed by atoms with Crippen LogP contribution < -0.4 is 16.1 Å². The number of nitrogens with one attached hydrogen (secondary N) is 1. The molecule has 0 atom stereocenters. The van der Waals surface area contributed by atoms with E-state index in [0.29, 0.717) is 0 Å². The number of H-pyrrole nitrogens is 1. The van der Waals surface area contributed by atoms with Gasteiger partial charge < -0.3 is 4.98 Å². The first kappa shape index (κ1) is 7.35. The molecule has 0 spiro atoms. The highest BCUT2D eigenvalue weighted by molar-refractivity contribution is 5.36. The van der Waals surface area contributed by atoms with Crippen molar-refractivity contribution in [3.05, 3.63) is 32.6 Å². The van der Waals surface area contributed by atoms with Crippen LogP contribution in [-0.2, 0) is 0 Å². The monoisotopic (exact) mass is 161 g/mol. The highest BCUT2D eigenvalue weighted by Gasteiger charge is 1.96. The standard InChI is InChI=1S/C10H11NO/c1-7-6-8-4-2-3-5-9(8)11-10(7)12/h4-6H,2-3H2,1H3,(H,11,12). The van der Waals surface area contributed by atoms with Crippen molar-refractivity contribution in [2.24, 2.45) is 0 Å². The van der Waals surface area contributed by atoms with Crippen LogP contribution in [0.3, 0.4) is 0 Å². The zero-order valence-electron chi connectivity index (χ0n) is 7.05. The third-order valence-electron chi connectivity index (χ3n) is 2.17. The normalized spacial score (nSPS) is 14.4. The second-order valence-electron chi connectivity index (χ2n) is 3.14. The van der Waals surface area contributed by atoms with Crippen LogP contribution in [0.5, 0.6) is 0 Å². The predicted molar refractivity (Wildman–Crippen MR) is 49.2 cm³/mol. The quantitative estimate of drug-likeness (QED) is 0.572. The minimum absolute atomic E-state index is 0.0281. The van der Waals surface area contributed by atoms with Gasteiger partial charge in [0.2, 0.25) is 0 Å². The maximum absolute atomic E-state index is 11.2. The zero-order valence-corrected chi connectivity index (χ0v) is 7.05. The minimum atomic E-state index is 0.0281. The molecule has 0 saturated carbocycles. The molecule has 0 aromatic carbocycles. The Morgan fingerprint density at radius 2 is 2.08 bits per heavy atom. The second-order valence-corrected chi connectivity index (χ2v) is 3.14. The molecule has 2 nitrogen and oxygen atoms in total. The Kier molecular flexibility index (Phi) is 1.61. The van der Waals surface area contributed by atoms with E-state index >= 15 is 0 Å². The number of hydrogen-bond acceptors (Lipinski definition) is 1. The van der Waals surface area contributed by atoms with Gasteiger partial charge in [-0.15, -0.1) is 0 Å². The largest absolute Gasteiger partial charge is 0.322 e. The molecule has 12 heavy (non-hydrogen) atoms. The van der Waals surface area contributed by atoms with Crippen molar-refractivity contribution < 1.29 is 0 Å². The summed E-state index contributed by atoms with van der Waals surface area (Å²) < 4.78 is 0. The Morgan fingerprint density at radius 1 is 1.33 bits per heavy atom. The van der Waals surface area contributed by atoms with Crippen molar-refractivity contribution in [2.45, 2.75) is 19.8 Å². The van der Waals surface area contributed by atoms with Gasteiger partial charge in [-0.25, -0.2) is 0 Å². The molecule has 0 unspecified atom stereocenters. The molecule has 1 aliphatic rings. The van der Waals surface area contributed by atoms with Crippen molar-refractivity contribution in [2.75, 3.05) is 0 Å². The van der Waals surface area contributed by atoms with Gasteiger partial charge in [-0.1, -0.05) is 12.2 Å². The summed E-state index contributed by atoms with van der Waals surface area (Å²) in [6.07, 6.45) is 6.36. The number of aromatic nitrogens is 1. The van der Waals surface area contributed by atoms with E-state index < -0.39 is 0 Å². The van der Waals surface area contributed by atoms with Gasteiger partial charge in [0.05, 0.1) is 0 Å². The fourth-order valence-corrected chi connectivity index (χ4v) is 1.47. The molecule has 1 aromatic heterocycles. The van der Waals surface area contributed by atoms with Crippen LogP contribution in [0, 0.1) is 6.92 Å². The van der Waals surface area contributed by atoms with E-state index in [0.717, 1.165) is 23.8 Å². The third-order valence-corrected chi connectivity index (χ3v) is 2.17. The maximum Gasteiger partial charge on any atom is 0.251 e. The van der Waals surface area contributed by atoms with Gasteiger partial charge in [0.15, 0.2) is 0 Å². The number of aromatic amines is 1. The van der Waals surface area contributed by atoms with Crippen LogP contribution in [0.2, 0.25) is 0 Å². The molecular formula is C10H11NO. The number of rotatable bonds is 0. The second kappa shape index (κ2) is 2.63. The molecule has 0 fully saturated rings. The summed E-state index contributed by atoms with van der Waals surface area (Å²) in [5, 5.41) is 2.15. The number of hydrogen-bond donors (Lipinski definition) is 1. The van der Waals surface area contributed by atoms with Gasteiger partial charge in [-0.05, 0) is 31.1 Å². The highest BCUT2D eigenvalue weighted by atomic mass is 16.1. The summed E-state index contributed by atoms with van der Waals surface area (Å²) in [5.41, 5.74) is 0.820. The van der Waals surface area contributed by atoms with Crippen LogP contribution in [-0.4, -0.2) is 4.98 Å². The Hall–Kier alpha value is -1.31. The van der Waals surface area contributed by atoms with Crippen molar-refractivity contribution in [1.82, 2.24) is 4.98 Å². The number of aryl methyl sites for hydroxylation is 1. The average molecular weight is 161 g/mol. The van der Waals surface area contributed by atoms with E-state index in [9.17, 15) is 4.79 Å². The molecule has 0 radical (unpaired) electrons. The zero-order chi connectivity index (χ0) is 8.55. The fourth-order valence-electron chi connectivity index (χ4n) is 1.47. The Balaban J connectivity index is 2.91. The van der Waals surface area contributed by atoms with E-state index in [1.807, 2.05) is 13.0 Å². The smallest absolute Gasteiger partial charge is 0.251 e. The Morgan fingerprint density at radius 3 is 2.92 bits per heavy atom. The van der Waals surface area contributed by atoms with E-state index in [4.69, 9.17) is 0 Å². The molecule has 1 heterocycles. The van der Waals surface area contributed by atoms with Crippen LogP contribution in [0.1, 0.15) is 18.4 Å². The first-order valence-corrected chi connectivity index (χ1v) is 4.18. The van der Waals surface area contributed by atoms with Gasteiger partial charge in [0, 0.05) is 10.9 Å². The summed E-state index contributed by atoms with van der Waals surface area (Å²) in [6.45, 7) is 1.83. The first-order valence-electron chi connectivity index (χ1n) is 4.18. The lowest BCUT2D eigenvalue weighted by atomic mass is 10.1. The van der Waals surface area contributed by atoms with Gasteiger partial charge in [-0.3, -0.25) is 4.79 Å². The van der Waals surface area contributed by atoms with E-state index in [1.54, 1.807) is 0 Å². The van der Waals surface area contributed by atoms with Crippen LogP contribution >= 0.6 is 0 Å². The van der Waals surface area contributed by atoms with E-state index in [2.05, 4.69) is 17.1 Å². The Bertz CT molecular complexity index is 468. The molecule has 62 valence electrons. The molecule has 1 aliphatic carbocycles. The van der Waals surface area contributed by atoms with E-state index in [1.165, 1.54) is 5.22 Å². The van der Waals surface area contributed by atoms with Gasteiger partial charge in [-0.2, -0.15) is 0 Å². The minimum Gasteiger partial charge on any atom is -0.322 e. The third kappa shape index (κ3) is 1.09. The van der Waals surface area contributed by atoms with Gasteiger partial charge in [0.25, 0.3) is 5.56 Å². The molecule has 1 N–H and O–H groups in total. The molecule has 0 saturated heterocycles. The molecule has 0 aliphatic heterocycles. The molecule has 1 aromatic rings. The Labute approximate surface area is 70.3 Å². The van der Waals surface area contributed by atoms with Crippen molar-refractivity contribution in [3.63, 3.8) is 0 Å². The summed E-state index contributed by atoms with van der Waals surface area (Å²) >= 11 is 0. The van der Waals surface area contributed by atoms with Crippen molar-refractivity contribution in [3.8, 4) is 0 Å². The van der Waals surface area contributed by atoms with Crippen molar-refractivity contribution in [1.29, 1.82) is 0 Å². The average Bonchev–Trinajstić information content (AvgIpc) is 2.07. The molecule has 0 amide bonds. The molecular weight excluding hydrogens is 150 g/mol. The topological polar surface area (TPSA) is 32.9 Å².